The summed E-state index contributed by atoms with van der Waals surface area (Å²) in [6.45, 7) is 18.1. The lowest BCUT2D eigenvalue weighted by Gasteiger charge is -2.37. The van der Waals surface area contributed by atoms with Crippen LogP contribution in [0.3, 0.4) is 0 Å². The van der Waals surface area contributed by atoms with Gasteiger partial charge in [0.05, 0.1) is 5.60 Å². The summed E-state index contributed by atoms with van der Waals surface area (Å²) in [4.78, 5) is 25.7. The average molecular weight is 522 g/mol. The second kappa shape index (κ2) is 11.9. The molecule has 208 valence electrons. The van der Waals surface area contributed by atoms with E-state index in [0.717, 1.165) is 35.1 Å². The van der Waals surface area contributed by atoms with E-state index in [1.54, 1.807) is 0 Å². The molecule has 0 aliphatic rings. The summed E-state index contributed by atoms with van der Waals surface area (Å²) in [6.07, 6.45) is 6.39. The van der Waals surface area contributed by atoms with E-state index < -0.39 is 17.6 Å². The van der Waals surface area contributed by atoms with Crippen LogP contribution in [0, 0.1) is 19.3 Å². The number of aliphatic hydroxyl groups is 1. The molecule has 1 amide bonds. The van der Waals surface area contributed by atoms with Crippen molar-refractivity contribution in [2.24, 2.45) is 5.41 Å². The molecular weight excluding hydrogens is 474 g/mol. The number of rotatable bonds is 10. The molecule has 2 aromatic carbocycles. The Kier molecular flexibility index (Phi) is 9.77. The number of benzene rings is 2. The van der Waals surface area contributed by atoms with Gasteiger partial charge in [0.2, 0.25) is 0 Å². The number of nitrogens with zero attached hydrogens (tertiary/aromatic N) is 1. The fraction of sp³-hybridized carbons (Fsp3) is 0.515. The fourth-order valence-corrected chi connectivity index (χ4v) is 5.25. The Morgan fingerprint density at radius 1 is 0.921 bits per heavy atom. The lowest BCUT2D eigenvalue weighted by atomic mass is 9.69. The molecule has 0 aromatic heterocycles. The van der Waals surface area contributed by atoms with Gasteiger partial charge in [0.1, 0.15) is 6.04 Å². The minimum Gasteiger partial charge on any atom is -0.480 e. The zero-order valence-electron chi connectivity index (χ0n) is 25.0. The Balaban J connectivity index is 2.50. The SMILES string of the molecule is CCC(CC)(c1ccc(/C=C/C(O)(CC)C(C)(C)C)c(C)c1)c1ccc(C(=O)N(C)C(C)C(=O)O)c(C)c1. The standard InChI is InChI=1S/C33H47NO4/c1-11-32(12-2,27-16-17-28(23(5)21-27)29(35)34(10)24(6)30(36)37)26-15-14-25(22(4)20-26)18-19-33(38,13-3)31(7,8)9/h14-21,24,38H,11-13H2,1-10H3,(H,36,37)/b19-18+. The van der Waals surface area contributed by atoms with Crippen LogP contribution in [0.2, 0.25) is 0 Å². The second-order valence-corrected chi connectivity index (χ2v) is 11.7. The molecule has 0 radical (unpaired) electrons. The molecule has 0 saturated carbocycles. The van der Waals surface area contributed by atoms with Crippen molar-refractivity contribution in [2.75, 3.05) is 7.05 Å². The third-order valence-electron chi connectivity index (χ3n) is 8.67. The summed E-state index contributed by atoms with van der Waals surface area (Å²) in [5.41, 5.74) is 4.55. The van der Waals surface area contributed by atoms with Crippen LogP contribution in [-0.4, -0.2) is 45.7 Å². The van der Waals surface area contributed by atoms with E-state index in [4.69, 9.17) is 0 Å². The third-order valence-corrected chi connectivity index (χ3v) is 8.67. The number of likely N-dealkylation sites (N-methyl/N-ethyl adjacent to an activating group) is 1. The molecule has 2 rings (SSSR count). The number of carboxylic acid groups (broad SMARTS) is 1. The first kappa shape index (κ1) is 31.3. The van der Waals surface area contributed by atoms with Crippen LogP contribution in [0.1, 0.15) is 106 Å². The average Bonchev–Trinajstić information content (AvgIpc) is 2.87. The molecule has 2 unspecified atom stereocenters. The number of amides is 1. The smallest absolute Gasteiger partial charge is 0.326 e. The van der Waals surface area contributed by atoms with Crippen LogP contribution in [0.15, 0.2) is 42.5 Å². The van der Waals surface area contributed by atoms with Gasteiger partial charge in [-0.25, -0.2) is 4.79 Å². The van der Waals surface area contributed by atoms with E-state index in [-0.39, 0.29) is 16.7 Å². The van der Waals surface area contributed by atoms with Gasteiger partial charge in [-0.1, -0.05) is 84.0 Å². The summed E-state index contributed by atoms with van der Waals surface area (Å²) in [5.74, 6) is -1.32. The van der Waals surface area contributed by atoms with Crippen LogP contribution in [0.4, 0.5) is 0 Å². The van der Waals surface area contributed by atoms with Crippen molar-refractivity contribution < 1.29 is 19.8 Å². The minimum atomic E-state index is -1.03. The summed E-state index contributed by atoms with van der Waals surface area (Å²) in [5, 5.41) is 20.5. The minimum absolute atomic E-state index is 0.227. The van der Waals surface area contributed by atoms with Gasteiger partial charge < -0.3 is 15.1 Å². The van der Waals surface area contributed by atoms with Gasteiger partial charge in [0.25, 0.3) is 5.91 Å². The molecule has 0 fully saturated rings. The summed E-state index contributed by atoms with van der Waals surface area (Å²) in [7, 11) is 1.53. The Labute approximate surface area is 229 Å². The number of carbonyl (C=O) groups excluding carboxylic acids is 1. The highest BCUT2D eigenvalue weighted by Crippen LogP contribution is 2.41. The van der Waals surface area contributed by atoms with Gasteiger partial charge in [0, 0.05) is 18.0 Å². The molecule has 0 bridgehead atoms. The van der Waals surface area contributed by atoms with E-state index in [0.29, 0.717) is 12.0 Å². The highest BCUT2D eigenvalue weighted by atomic mass is 16.4. The van der Waals surface area contributed by atoms with E-state index in [9.17, 15) is 19.8 Å². The topological polar surface area (TPSA) is 77.8 Å². The highest BCUT2D eigenvalue weighted by Gasteiger charge is 2.36. The van der Waals surface area contributed by atoms with E-state index >= 15 is 0 Å². The van der Waals surface area contributed by atoms with Crippen molar-refractivity contribution in [1.29, 1.82) is 0 Å². The molecule has 5 nitrogen and oxygen atoms in total. The maximum Gasteiger partial charge on any atom is 0.326 e. The third kappa shape index (κ3) is 6.04. The Bertz CT molecular complexity index is 1190. The number of carboxylic acids is 1. The molecule has 0 heterocycles. The quantitative estimate of drug-likeness (QED) is 0.348. The van der Waals surface area contributed by atoms with Crippen molar-refractivity contribution in [2.45, 2.75) is 98.6 Å². The Hall–Kier alpha value is -2.92. The van der Waals surface area contributed by atoms with Crippen LogP contribution < -0.4 is 0 Å². The largest absolute Gasteiger partial charge is 0.480 e. The summed E-state index contributed by atoms with van der Waals surface area (Å²) < 4.78 is 0. The van der Waals surface area contributed by atoms with E-state index in [2.05, 4.69) is 65.8 Å². The predicted octanol–water partition coefficient (Wildman–Crippen LogP) is 7.16. The molecule has 2 atom stereocenters. The molecule has 0 aliphatic heterocycles. The number of carbonyl (C=O) groups is 2. The molecule has 38 heavy (non-hydrogen) atoms. The van der Waals surface area contributed by atoms with Crippen molar-refractivity contribution in [3.63, 3.8) is 0 Å². The van der Waals surface area contributed by atoms with Gasteiger partial charge in [-0.3, -0.25) is 4.79 Å². The monoisotopic (exact) mass is 521 g/mol. The van der Waals surface area contributed by atoms with Crippen molar-refractivity contribution in [3.8, 4) is 0 Å². The molecule has 2 N–H and O–H groups in total. The predicted molar refractivity (Wildman–Crippen MR) is 157 cm³/mol. The number of aliphatic carboxylic acids is 1. The zero-order valence-corrected chi connectivity index (χ0v) is 25.0. The van der Waals surface area contributed by atoms with Crippen LogP contribution in [0.25, 0.3) is 6.08 Å². The molecule has 0 saturated heterocycles. The van der Waals surface area contributed by atoms with Crippen molar-refractivity contribution in [3.05, 3.63) is 75.9 Å². The van der Waals surface area contributed by atoms with Crippen LogP contribution in [-0.2, 0) is 10.2 Å². The van der Waals surface area contributed by atoms with Gasteiger partial charge in [-0.2, -0.15) is 0 Å². The molecule has 0 aliphatic carbocycles. The first-order chi connectivity index (χ1) is 17.6. The van der Waals surface area contributed by atoms with Gasteiger partial charge in [-0.05, 0) is 79.3 Å². The van der Waals surface area contributed by atoms with Gasteiger partial charge in [0.15, 0.2) is 0 Å². The summed E-state index contributed by atoms with van der Waals surface area (Å²) >= 11 is 0. The van der Waals surface area contributed by atoms with Crippen LogP contribution >= 0.6 is 0 Å². The Morgan fingerprint density at radius 2 is 1.45 bits per heavy atom. The van der Waals surface area contributed by atoms with E-state index in [1.165, 1.54) is 24.4 Å². The maximum absolute atomic E-state index is 13.0. The number of hydrogen-bond acceptors (Lipinski definition) is 3. The Morgan fingerprint density at radius 3 is 1.87 bits per heavy atom. The molecule has 5 heteroatoms. The first-order valence-corrected chi connectivity index (χ1v) is 13.7. The normalized spacial score (nSPS) is 14.8. The molecular formula is C33H47NO4. The summed E-state index contributed by atoms with van der Waals surface area (Å²) in [6, 6.07) is 11.6. The lowest BCUT2D eigenvalue weighted by molar-refractivity contribution is -0.141. The maximum atomic E-state index is 13.0. The van der Waals surface area contributed by atoms with E-state index in [1.807, 2.05) is 38.1 Å². The number of hydrogen-bond donors (Lipinski definition) is 2. The number of aryl methyl sites for hydroxylation is 2. The van der Waals surface area contributed by atoms with Crippen molar-refractivity contribution >= 4 is 18.0 Å². The van der Waals surface area contributed by atoms with Gasteiger partial charge >= 0.3 is 5.97 Å². The first-order valence-electron chi connectivity index (χ1n) is 13.7. The second-order valence-electron chi connectivity index (χ2n) is 11.7. The van der Waals surface area contributed by atoms with Crippen molar-refractivity contribution in [1.82, 2.24) is 4.90 Å². The molecule has 0 spiro atoms. The zero-order chi connectivity index (χ0) is 29.1. The highest BCUT2D eigenvalue weighted by molar-refractivity contribution is 5.97. The van der Waals surface area contributed by atoms with Crippen LogP contribution in [0.5, 0.6) is 0 Å². The molecule has 2 aromatic rings. The fourth-order valence-electron chi connectivity index (χ4n) is 5.25. The lowest BCUT2D eigenvalue weighted by Crippen LogP contribution is -2.40. The van der Waals surface area contributed by atoms with Gasteiger partial charge in [-0.15, -0.1) is 0 Å².